The van der Waals surface area contributed by atoms with Crippen LogP contribution >= 0.6 is 0 Å². The van der Waals surface area contributed by atoms with Gasteiger partial charge < -0.3 is 5.73 Å². The summed E-state index contributed by atoms with van der Waals surface area (Å²) in [5.74, 6) is 0.933. The van der Waals surface area contributed by atoms with Crippen molar-refractivity contribution in [2.45, 2.75) is 46.5 Å². The van der Waals surface area contributed by atoms with Gasteiger partial charge in [0.05, 0.1) is 0 Å². The molecule has 2 fully saturated rings. The van der Waals surface area contributed by atoms with E-state index in [1.54, 1.807) is 8.61 Å². The zero-order valence-corrected chi connectivity index (χ0v) is 14.5. The number of nitrogens with two attached hydrogens (primary N) is 1. The monoisotopic (exact) mass is 317 g/mol. The molecule has 2 saturated heterocycles. The van der Waals surface area contributed by atoms with E-state index >= 15 is 0 Å². The van der Waals surface area contributed by atoms with Crippen molar-refractivity contribution in [1.29, 1.82) is 0 Å². The van der Waals surface area contributed by atoms with Crippen LogP contribution in [0.25, 0.3) is 0 Å². The fraction of sp³-hybridized carbons (Fsp3) is 1.00. The van der Waals surface area contributed by atoms with Crippen molar-refractivity contribution in [3.05, 3.63) is 0 Å². The van der Waals surface area contributed by atoms with Crippen molar-refractivity contribution >= 4 is 10.2 Å². The van der Waals surface area contributed by atoms with Crippen LogP contribution in [0, 0.1) is 17.3 Å². The van der Waals surface area contributed by atoms with Crippen LogP contribution in [0.15, 0.2) is 0 Å². The highest BCUT2D eigenvalue weighted by Crippen LogP contribution is 2.35. The summed E-state index contributed by atoms with van der Waals surface area (Å²) in [5.41, 5.74) is 5.99. The van der Waals surface area contributed by atoms with E-state index in [0.29, 0.717) is 44.6 Å². The Kier molecular flexibility index (Phi) is 5.34. The van der Waals surface area contributed by atoms with Gasteiger partial charge in [0.15, 0.2) is 0 Å². The van der Waals surface area contributed by atoms with Gasteiger partial charge in [-0.15, -0.1) is 0 Å². The summed E-state index contributed by atoms with van der Waals surface area (Å²) in [6.45, 7) is 9.89. The SMILES string of the molecule is CC(C)(C)C1CCN(S(=O)(=O)N2CCCC(CN)C2)CC1. The topological polar surface area (TPSA) is 66.6 Å². The lowest BCUT2D eigenvalue weighted by atomic mass is 9.76. The van der Waals surface area contributed by atoms with E-state index in [4.69, 9.17) is 5.73 Å². The van der Waals surface area contributed by atoms with Gasteiger partial charge in [0, 0.05) is 26.2 Å². The molecule has 2 aliphatic rings. The summed E-state index contributed by atoms with van der Waals surface area (Å²) in [6, 6.07) is 0. The molecule has 0 aliphatic carbocycles. The maximum atomic E-state index is 12.8. The third kappa shape index (κ3) is 3.97. The summed E-state index contributed by atoms with van der Waals surface area (Å²) in [4.78, 5) is 0. The van der Waals surface area contributed by atoms with E-state index in [1.165, 1.54) is 0 Å². The molecule has 0 aromatic rings. The molecule has 0 saturated carbocycles. The van der Waals surface area contributed by atoms with Crippen molar-refractivity contribution < 1.29 is 8.42 Å². The average Bonchev–Trinajstić information content (AvgIpc) is 2.46. The van der Waals surface area contributed by atoms with E-state index in [9.17, 15) is 8.42 Å². The predicted octanol–water partition coefficient (Wildman–Crippen LogP) is 1.66. The standard InChI is InChI=1S/C15H31N3O2S/c1-15(2,3)14-6-9-17(10-7-14)21(19,20)18-8-4-5-13(11-16)12-18/h13-14H,4-12,16H2,1-3H3. The molecule has 1 atom stereocenters. The third-order valence-electron chi connectivity index (χ3n) is 5.15. The van der Waals surface area contributed by atoms with Crippen molar-refractivity contribution in [3.63, 3.8) is 0 Å². The Morgan fingerprint density at radius 2 is 1.67 bits per heavy atom. The molecule has 0 spiro atoms. The predicted molar refractivity (Wildman–Crippen MR) is 86.0 cm³/mol. The summed E-state index contributed by atoms with van der Waals surface area (Å²) in [6.07, 6.45) is 3.92. The van der Waals surface area contributed by atoms with Gasteiger partial charge in [0.25, 0.3) is 10.2 Å². The second-order valence-electron chi connectivity index (χ2n) is 7.65. The molecular weight excluding hydrogens is 286 g/mol. The molecule has 2 N–H and O–H groups in total. The molecule has 0 aromatic heterocycles. The van der Waals surface area contributed by atoms with Gasteiger partial charge in [-0.3, -0.25) is 0 Å². The highest BCUT2D eigenvalue weighted by atomic mass is 32.2. The first-order chi connectivity index (χ1) is 9.75. The van der Waals surface area contributed by atoms with Crippen LogP contribution in [0.3, 0.4) is 0 Å². The van der Waals surface area contributed by atoms with Crippen molar-refractivity contribution in [2.75, 3.05) is 32.7 Å². The van der Waals surface area contributed by atoms with Crippen LogP contribution in [0.4, 0.5) is 0 Å². The first kappa shape index (κ1) is 17.2. The third-order valence-corrected chi connectivity index (χ3v) is 7.15. The smallest absolute Gasteiger partial charge is 0.281 e. The average molecular weight is 317 g/mol. The molecule has 5 nitrogen and oxygen atoms in total. The molecule has 2 rings (SSSR count). The molecule has 0 radical (unpaired) electrons. The maximum Gasteiger partial charge on any atom is 0.281 e. The fourth-order valence-corrected chi connectivity index (χ4v) is 5.30. The maximum absolute atomic E-state index is 12.8. The van der Waals surface area contributed by atoms with E-state index < -0.39 is 10.2 Å². The van der Waals surface area contributed by atoms with Crippen LogP contribution in [0.1, 0.15) is 46.5 Å². The van der Waals surface area contributed by atoms with Gasteiger partial charge in [-0.2, -0.15) is 17.0 Å². The molecule has 2 heterocycles. The molecule has 124 valence electrons. The first-order valence-electron chi connectivity index (χ1n) is 8.20. The number of hydrogen-bond donors (Lipinski definition) is 1. The molecule has 1 unspecified atom stereocenters. The molecule has 0 aromatic carbocycles. The Labute approximate surface area is 130 Å². The summed E-state index contributed by atoms with van der Waals surface area (Å²) in [5, 5.41) is 0. The quantitative estimate of drug-likeness (QED) is 0.861. The van der Waals surface area contributed by atoms with Gasteiger partial charge in [-0.05, 0) is 49.5 Å². The van der Waals surface area contributed by atoms with E-state index in [-0.39, 0.29) is 5.41 Å². The summed E-state index contributed by atoms with van der Waals surface area (Å²) in [7, 11) is -3.29. The van der Waals surface area contributed by atoms with Crippen molar-refractivity contribution in [1.82, 2.24) is 8.61 Å². The number of nitrogens with zero attached hydrogens (tertiary/aromatic N) is 2. The van der Waals surface area contributed by atoms with Gasteiger partial charge >= 0.3 is 0 Å². The summed E-state index contributed by atoms with van der Waals surface area (Å²) >= 11 is 0. The Hall–Kier alpha value is -0.170. The van der Waals surface area contributed by atoms with Crippen LogP contribution in [-0.4, -0.2) is 49.8 Å². The highest BCUT2D eigenvalue weighted by molar-refractivity contribution is 7.86. The molecule has 0 bridgehead atoms. The molecule has 2 aliphatic heterocycles. The van der Waals surface area contributed by atoms with Crippen LogP contribution < -0.4 is 5.73 Å². The van der Waals surface area contributed by atoms with Gasteiger partial charge in [-0.25, -0.2) is 0 Å². The van der Waals surface area contributed by atoms with Crippen molar-refractivity contribution in [2.24, 2.45) is 23.0 Å². The minimum absolute atomic E-state index is 0.269. The van der Waals surface area contributed by atoms with E-state index in [2.05, 4.69) is 20.8 Å². The van der Waals surface area contributed by atoms with E-state index in [1.807, 2.05) is 0 Å². The van der Waals surface area contributed by atoms with Gasteiger partial charge in [-0.1, -0.05) is 20.8 Å². The first-order valence-corrected chi connectivity index (χ1v) is 9.60. The minimum atomic E-state index is -3.29. The second-order valence-corrected chi connectivity index (χ2v) is 9.58. The fourth-order valence-electron chi connectivity index (χ4n) is 3.54. The molecular formula is C15H31N3O2S. The molecule has 21 heavy (non-hydrogen) atoms. The summed E-state index contributed by atoms with van der Waals surface area (Å²) < 4.78 is 28.9. The number of piperidine rings is 2. The molecule has 0 amide bonds. The zero-order chi connectivity index (χ0) is 15.7. The normalized spacial score (nSPS) is 27.9. The second kappa shape index (κ2) is 6.52. The van der Waals surface area contributed by atoms with Crippen LogP contribution in [0.5, 0.6) is 0 Å². The lowest BCUT2D eigenvalue weighted by Gasteiger charge is -2.41. The van der Waals surface area contributed by atoms with Crippen molar-refractivity contribution in [3.8, 4) is 0 Å². The minimum Gasteiger partial charge on any atom is -0.330 e. The highest BCUT2D eigenvalue weighted by Gasteiger charge is 2.37. The van der Waals surface area contributed by atoms with Gasteiger partial charge in [0.2, 0.25) is 0 Å². The van der Waals surface area contributed by atoms with E-state index in [0.717, 1.165) is 25.7 Å². The zero-order valence-electron chi connectivity index (χ0n) is 13.7. The lowest BCUT2D eigenvalue weighted by molar-refractivity contribution is 0.146. The Balaban J connectivity index is 1.98. The lowest BCUT2D eigenvalue weighted by Crippen LogP contribution is -2.51. The Morgan fingerprint density at radius 3 is 2.19 bits per heavy atom. The number of hydrogen-bond acceptors (Lipinski definition) is 3. The largest absolute Gasteiger partial charge is 0.330 e. The Morgan fingerprint density at radius 1 is 1.05 bits per heavy atom. The number of rotatable bonds is 3. The van der Waals surface area contributed by atoms with Gasteiger partial charge in [0.1, 0.15) is 0 Å². The Bertz CT molecular complexity index is 436. The van der Waals surface area contributed by atoms with Crippen LogP contribution in [-0.2, 0) is 10.2 Å². The molecule has 6 heteroatoms. The van der Waals surface area contributed by atoms with Crippen LogP contribution in [0.2, 0.25) is 0 Å².